The number of aromatic nitrogens is 1. The Morgan fingerprint density at radius 3 is 2.54 bits per heavy atom. The SMILES string of the molecule is CCc1cc2ccc(CCN3CC=C(C(F)(F)F)CC3)cc2c(CC)n1. The molecule has 2 aromatic rings. The minimum absolute atomic E-state index is 0.0882. The third kappa shape index (κ3) is 4.26. The molecule has 0 amide bonds. The van der Waals surface area contributed by atoms with Crippen LogP contribution < -0.4 is 0 Å². The van der Waals surface area contributed by atoms with E-state index in [2.05, 4.69) is 43.0 Å². The largest absolute Gasteiger partial charge is 0.412 e. The zero-order valence-corrected chi connectivity index (χ0v) is 15.4. The molecule has 0 saturated carbocycles. The van der Waals surface area contributed by atoms with Gasteiger partial charge in [-0.1, -0.05) is 32.1 Å². The van der Waals surface area contributed by atoms with Crippen LogP contribution in [0.2, 0.25) is 0 Å². The molecule has 140 valence electrons. The summed E-state index contributed by atoms with van der Waals surface area (Å²) in [6, 6.07) is 8.61. The van der Waals surface area contributed by atoms with Gasteiger partial charge in [0.2, 0.25) is 0 Å². The third-order valence-electron chi connectivity index (χ3n) is 5.10. The van der Waals surface area contributed by atoms with Crippen LogP contribution in [-0.2, 0) is 19.3 Å². The Labute approximate surface area is 152 Å². The first-order chi connectivity index (χ1) is 12.4. The zero-order valence-electron chi connectivity index (χ0n) is 15.4. The highest BCUT2D eigenvalue weighted by Crippen LogP contribution is 2.30. The molecule has 0 spiro atoms. The van der Waals surface area contributed by atoms with Crippen molar-refractivity contribution in [2.75, 3.05) is 19.6 Å². The van der Waals surface area contributed by atoms with Crippen molar-refractivity contribution in [1.29, 1.82) is 0 Å². The molecule has 0 saturated heterocycles. The van der Waals surface area contributed by atoms with E-state index in [9.17, 15) is 13.2 Å². The molecule has 0 aliphatic carbocycles. The first kappa shape index (κ1) is 18.9. The summed E-state index contributed by atoms with van der Waals surface area (Å²) < 4.78 is 38.1. The number of rotatable bonds is 5. The average Bonchev–Trinajstić information content (AvgIpc) is 2.64. The highest BCUT2D eigenvalue weighted by atomic mass is 19.4. The Bertz CT molecular complexity index is 809. The van der Waals surface area contributed by atoms with E-state index >= 15 is 0 Å². The molecular formula is C21H25F3N2. The third-order valence-corrected chi connectivity index (χ3v) is 5.10. The summed E-state index contributed by atoms with van der Waals surface area (Å²) in [6.07, 6.45) is -0.104. The van der Waals surface area contributed by atoms with Crippen LogP contribution in [-0.4, -0.2) is 35.7 Å². The van der Waals surface area contributed by atoms with Crippen molar-refractivity contribution in [3.05, 3.63) is 52.9 Å². The van der Waals surface area contributed by atoms with Crippen molar-refractivity contribution in [2.45, 2.75) is 45.7 Å². The molecule has 1 aromatic heterocycles. The smallest absolute Gasteiger partial charge is 0.299 e. The Kier molecular flexibility index (Phi) is 5.66. The summed E-state index contributed by atoms with van der Waals surface area (Å²) in [6.45, 7) is 5.85. The highest BCUT2D eigenvalue weighted by molar-refractivity contribution is 5.85. The molecule has 2 nitrogen and oxygen atoms in total. The summed E-state index contributed by atoms with van der Waals surface area (Å²) in [4.78, 5) is 6.82. The fourth-order valence-corrected chi connectivity index (χ4v) is 3.49. The number of nitrogens with zero attached hydrogens (tertiary/aromatic N) is 2. The predicted octanol–water partition coefficient (Wildman–Crippen LogP) is 5.10. The van der Waals surface area contributed by atoms with Crippen LogP contribution in [0.4, 0.5) is 13.2 Å². The molecule has 0 atom stereocenters. The van der Waals surface area contributed by atoms with Crippen molar-refractivity contribution in [3.8, 4) is 0 Å². The summed E-state index contributed by atoms with van der Waals surface area (Å²) in [5.41, 5.74) is 3.06. The van der Waals surface area contributed by atoms with E-state index < -0.39 is 6.18 Å². The maximum absolute atomic E-state index is 12.7. The van der Waals surface area contributed by atoms with E-state index in [0.29, 0.717) is 13.1 Å². The minimum atomic E-state index is -4.18. The van der Waals surface area contributed by atoms with Crippen molar-refractivity contribution in [1.82, 2.24) is 9.88 Å². The molecule has 5 heteroatoms. The summed E-state index contributed by atoms with van der Waals surface area (Å²) in [7, 11) is 0. The molecule has 0 unspecified atom stereocenters. The lowest BCUT2D eigenvalue weighted by molar-refractivity contribution is -0.0959. The van der Waals surface area contributed by atoms with Gasteiger partial charge < -0.3 is 0 Å². The van der Waals surface area contributed by atoms with Gasteiger partial charge in [0.25, 0.3) is 0 Å². The topological polar surface area (TPSA) is 16.1 Å². The van der Waals surface area contributed by atoms with Crippen LogP contribution in [0.1, 0.15) is 37.2 Å². The van der Waals surface area contributed by atoms with Gasteiger partial charge in [0, 0.05) is 42.0 Å². The number of benzene rings is 1. The predicted molar refractivity (Wildman–Crippen MR) is 99.4 cm³/mol. The second-order valence-corrected chi connectivity index (χ2v) is 6.85. The first-order valence-corrected chi connectivity index (χ1v) is 9.30. The zero-order chi connectivity index (χ0) is 18.7. The summed E-state index contributed by atoms with van der Waals surface area (Å²) in [5, 5.41) is 2.41. The van der Waals surface area contributed by atoms with Gasteiger partial charge in [0.05, 0.1) is 0 Å². The van der Waals surface area contributed by atoms with Gasteiger partial charge in [-0.3, -0.25) is 9.88 Å². The fourth-order valence-electron chi connectivity index (χ4n) is 3.49. The molecule has 0 fully saturated rings. The van der Waals surface area contributed by atoms with Gasteiger partial charge in [0.1, 0.15) is 0 Å². The number of aryl methyl sites for hydroxylation is 2. The standard InChI is InChI=1S/C21H25F3N2/c1-3-18-14-16-6-5-15(13-19(16)20(4-2)25-18)7-10-26-11-8-17(9-12-26)21(22,23)24/h5-6,8,13-14H,3-4,7,9-12H2,1-2H3. The molecule has 3 rings (SSSR count). The maximum atomic E-state index is 12.7. The molecule has 1 aromatic carbocycles. The lowest BCUT2D eigenvalue weighted by atomic mass is 10.0. The lowest BCUT2D eigenvalue weighted by Crippen LogP contribution is -2.33. The van der Waals surface area contributed by atoms with Gasteiger partial charge in [-0.25, -0.2) is 0 Å². The molecule has 26 heavy (non-hydrogen) atoms. The van der Waals surface area contributed by atoms with Gasteiger partial charge in [-0.2, -0.15) is 13.2 Å². The fraction of sp³-hybridized carbons (Fsp3) is 0.476. The van der Waals surface area contributed by atoms with E-state index in [4.69, 9.17) is 4.98 Å². The van der Waals surface area contributed by atoms with E-state index in [1.807, 2.05) is 0 Å². The van der Waals surface area contributed by atoms with Crippen molar-refractivity contribution >= 4 is 10.8 Å². The molecule has 1 aliphatic rings. The quantitative estimate of drug-likeness (QED) is 0.688. The van der Waals surface area contributed by atoms with Crippen LogP contribution in [0.5, 0.6) is 0 Å². The van der Waals surface area contributed by atoms with Crippen molar-refractivity contribution in [3.63, 3.8) is 0 Å². The van der Waals surface area contributed by atoms with Crippen LogP contribution in [0.3, 0.4) is 0 Å². The molecule has 0 N–H and O–H groups in total. The highest BCUT2D eigenvalue weighted by Gasteiger charge is 2.34. The molecule has 1 aliphatic heterocycles. The number of fused-ring (bicyclic) bond motifs is 1. The summed E-state index contributed by atoms with van der Waals surface area (Å²) >= 11 is 0. The Hall–Kier alpha value is -1.88. The minimum Gasteiger partial charge on any atom is -0.299 e. The van der Waals surface area contributed by atoms with Gasteiger partial charge in [0.15, 0.2) is 0 Å². The number of alkyl halides is 3. The Morgan fingerprint density at radius 1 is 1.12 bits per heavy atom. The summed E-state index contributed by atoms with van der Waals surface area (Å²) in [5.74, 6) is 0. The van der Waals surface area contributed by atoms with Crippen molar-refractivity contribution in [2.24, 2.45) is 0 Å². The van der Waals surface area contributed by atoms with E-state index in [1.165, 1.54) is 22.4 Å². The monoisotopic (exact) mass is 362 g/mol. The van der Waals surface area contributed by atoms with Crippen molar-refractivity contribution < 1.29 is 13.2 Å². The van der Waals surface area contributed by atoms with Crippen LogP contribution >= 0.6 is 0 Å². The Morgan fingerprint density at radius 2 is 1.92 bits per heavy atom. The maximum Gasteiger partial charge on any atom is 0.412 e. The lowest BCUT2D eigenvalue weighted by Gasteiger charge is -2.27. The number of hydrogen-bond acceptors (Lipinski definition) is 2. The number of hydrogen-bond donors (Lipinski definition) is 0. The molecule has 0 bridgehead atoms. The molecular weight excluding hydrogens is 337 g/mol. The molecule has 2 heterocycles. The van der Waals surface area contributed by atoms with Gasteiger partial charge in [-0.15, -0.1) is 0 Å². The van der Waals surface area contributed by atoms with Gasteiger partial charge in [-0.05, 0) is 48.8 Å². The second kappa shape index (κ2) is 7.78. The molecule has 0 radical (unpaired) electrons. The van der Waals surface area contributed by atoms with Crippen LogP contribution in [0.25, 0.3) is 10.8 Å². The van der Waals surface area contributed by atoms with Crippen LogP contribution in [0, 0.1) is 0 Å². The van der Waals surface area contributed by atoms with E-state index in [-0.39, 0.29) is 12.0 Å². The van der Waals surface area contributed by atoms with Gasteiger partial charge >= 0.3 is 6.18 Å². The second-order valence-electron chi connectivity index (χ2n) is 6.85. The Balaban J connectivity index is 1.69. The van der Waals surface area contributed by atoms with E-state index in [1.54, 1.807) is 0 Å². The van der Waals surface area contributed by atoms with E-state index in [0.717, 1.165) is 37.2 Å². The number of pyridine rings is 1. The average molecular weight is 362 g/mol. The first-order valence-electron chi connectivity index (χ1n) is 9.30. The van der Waals surface area contributed by atoms with Crippen LogP contribution in [0.15, 0.2) is 35.9 Å². The number of halogens is 3. The normalized spacial score (nSPS) is 16.1.